The maximum absolute atomic E-state index is 15.8. The van der Waals surface area contributed by atoms with Crippen molar-refractivity contribution in [3.8, 4) is 5.75 Å². The molecule has 1 aromatic carbocycles. The van der Waals surface area contributed by atoms with Gasteiger partial charge in [0.15, 0.2) is 5.82 Å². The number of halogens is 1. The average Bonchev–Trinajstić information content (AvgIpc) is 3.13. The number of hydrogen-bond acceptors (Lipinski definition) is 7. The quantitative estimate of drug-likeness (QED) is 0.710. The molecule has 0 fully saturated rings. The summed E-state index contributed by atoms with van der Waals surface area (Å²) in [6, 6.07) is 3.57. The van der Waals surface area contributed by atoms with E-state index in [1.165, 1.54) is 0 Å². The molecule has 0 saturated carbocycles. The minimum absolute atomic E-state index is 0.0160. The topological polar surface area (TPSA) is 82.5 Å². The van der Waals surface area contributed by atoms with Gasteiger partial charge in [0, 0.05) is 49.8 Å². The van der Waals surface area contributed by atoms with Crippen LogP contribution < -0.4 is 15.4 Å². The third kappa shape index (κ3) is 3.85. The van der Waals surface area contributed by atoms with Crippen molar-refractivity contribution >= 4 is 23.0 Å². The number of benzene rings is 1. The Morgan fingerprint density at radius 3 is 2.87 bits per heavy atom. The SMILES string of the molecule is CNc1cc(C)nc(Nc2cc3c(c(C4=CCN(C)[C@@H](C)[C@@H](O)C4)c2F)OCC3)n1. The van der Waals surface area contributed by atoms with Crippen LogP contribution in [0.5, 0.6) is 5.75 Å². The zero-order valence-electron chi connectivity index (χ0n) is 17.8. The van der Waals surface area contributed by atoms with Crippen LogP contribution in [0.3, 0.4) is 0 Å². The number of aliphatic hydroxyl groups excluding tert-OH is 1. The second kappa shape index (κ2) is 8.20. The molecule has 3 N–H and O–H groups in total. The van der Waals surface area contributed by atoms with Crippen LogP contribution >= 0.6 is 0 Å². The first kappa shape index (κ1) is 20.6. The van der Waals surface area contributed by atoms with Crippen molar-refractivity contribution in [2.24, 2.45) is 0 Å². The Morgan fingerprint density at radius 1 is 1.30 bits per heavy atom. The highest BCUT2D eigenvalue weighted by atomic mass is 19.1. The highest BCUT2D eigenvalue weighted by Gasteiger charge is 2.30. The Hall–Kier alpha value is -2.71. The molecule has 30 heavy (non-hydrogen) atoms. The fourth-order valence-electron chi connectivity index (χ4n) is 3.96. The highest BCUT2D eigenvalue weighted by Crippen LogP contribution is 2.42. The molecule has 2 aromatic rings. The van der Waals surface area contributed by atoms with Crippen molar-refractivity contribution in [1.82, 2.24) is 14.9 Å². The zero-order chi connectivity index (χ0) is 21.4. The van der Waals surface area contributed by atoms with Crippen molar-refractivity contribution in [1.29, 1.82) is 0 Å². The third-order valence-electron chi connectivity index (χ3n) is 5.90. The van der Waals surface area contributed by atoms with Crippen LogP contribution in [0.25, 0.3) is 5.57 Å². The minimum Gasteiger partial charge on any atom is -0.492 e. The van der Waals surface area contributed by atoms with Crippen molar-refractivity contribution in [2.45, 2.75) is 38.8 Å². The van der Waals surface area contributed by atoms with E-state index in [9.17, 15) is 5.11 Å². The van der Waals surface area contributed by atoms with Crippen LogP contribution in [0, 0.1) is 12.7 Å². The Balaban J connectivity index is 1.77. The van der Waals surface area contributed by atoms with Gasteiger partial charge in [0.05, 0.1) is 24.0 Å². The maximum Gasteiger partial charge on any atom is 0.229 e. The molecule has 0 bridgehead atoms. The van der Waals surface area contributed by atoms with Gasteiger partial charge in [-0.15, -0.1) is 0 Å². The van der Waals surface area contributed by atoms with Crippen LogP contribution in [0.1, 0.15) is 30.2 Å². The number of rotatable bonds is 4. The molecule has 8 heteroatoms. The minimum atomic E-state index is -0.588. The standard InChI is InChI=1S/C22H28FN5O2/c1-12-9-18(24-3)27-22(25-12)26-16-10-15-6-8-30-21(15)19(20(16)23)14-5-7-28(4)13(2)17(29)11-14/h5,9-10,13,17,29H,6-8,11H2,1-4H3,(H2,24,25,26,27)/t13-,17-/m0/s1. The number of hydrogen-bond donors (Lipinski definition) is 3. The summed E-state index contributed by atoms with van der Waals surface area (Å²) in [6.45, 7) is 4.99. The number of ether oxygens (including phenoxy) is 1. The molecule has 0 unspecified atom stereocenters. The van der Waals surface area contributed by atoms with Gasteiger partial charge in [-0.2, -0.15) is 4.98 Å². The lowest BCUT2D eigenvalue weighted by Crippen LogP contribution is -2.37. The summed E-state index contributed by atoms with van der Waals surface area (Å²) in [5.74, 6) is 1.14. The van der Waals surface area contributed by atoms with E-state index in [1.807, 2.05) is 33.0 Å². The summed E-state index contributed by atoms with van der Waals surface area (Å²) in [5.41, 5.74) is 3.21. The van der Waals surface area contributed by atoms with Crippen molar-refractivity contribution in [3.05, 3.63) is 40.8 Å². The van der Waals surface area contributed by atoms with Gasteiger partial charge in [-0.05, 0) is 32.5 Å². The van der Waals surface area contributed by atoms with E-state index in [4.69, 9.17) is 4.74 Å². The second-order valence-corrected chi connectivity index (χ2v) is 7.97. The van der Waals surface area contributed by atoms with Crippen LogP contribution in [0.4, 0.5) is 21.8 Å². The monoisotopic (exact) mass is 413 g/mol. The van der Waals surface area contributed by atoms with Gasteiger partial charge in [0.2, 0.25) is 5.95 Å². The molecule has 7 nitrogen and oxygen atoms in total. The first-order chi connectivity index (χ1) is 14.4. The second-order valence-electron chi connectivity index (χ2n) is 7.97. The largest absolute Gasteiger partial charge is 0.492 e. The molecule has 3 heterocycles. The molecule has 0 radical (unpaired) electrons. The van der Waals surface area contributed by atoms with E-state index in [-0.39, 0.29) is 6.04 Å². The molecule has 4 rings (SSSR count). The normalized spacial score (nSPS) is 21.5. The Bertz CT molecular complexity index is 994. The van der Waals surface area contributed by atoms with Gasteiger partial charge in [-0.1, -0.05) is 6.08 Å². The van der Waals surface area contributed by atoms with E-state index in [1.54, 1.807) is 13.1 Å². The summed E-state index contributed by atoms with van der Waals surface area (Å²) in [7, 11) is 3.73. The van der Waals surface area contributed by atoms with Gasteiger partial charge in [-0.25, -0.2) is 9.37 Å². The fraction of sp³-hybridized carbons (Fsp3) is 0.455. The van der Waals surface area contributed by atoms with Crippen LogP contribution in [-0.2, 0) is 6.42 Å². The zero-order valence-corrected chi connectivity index (χ0v) is 17.8. The van der Waals surface area contributed by atoms with E-state index in [2.05, 4.69) is 25.5 Å². The first-order valence-electron chi connectivity index (χ1n) is 10.2. The van der Waals surface area contributed by atoms with E-state index >= 15 is 4.39 Å². The number of aryl methyl sites for hydroxylation is 1. The van der Waals surface area contributed by atoms with Gasteiger partial charge in [0.25, 0.3) is 0 Å². The van der Waals surface area contributed by atoms with Gasteiger partial charge < -0.3 is 20.5 Å². The number of aromatic nitrogens is 2. The molecule has 2 aliphatic rings. The highest BCUT2D eigenvalue weighted by molar-refractivity contribution is 5.78. The summed E-state index contributed by atoms with van der Waals surface area (Å²) >= 11 is 0. The first-order valence-corrected chi connectivity index (χ1v) is 10.2. The molecule has 2 atom stereocenters. The molecule has 0 saturated heterocycles. The molecule has 0 spiro atoms. The summed E-state index contributed by atoms with van der Waals surface area (Å²) in [6.07, 6.45) is 2.47. The number of nitrogens with zero attached hydrogens (tertiary/aromatic N) is 3. The molecular formula is C22H28FN5O2. The van der Waals surface area contributed by atoms with Crippen LogP contribution in [-0.4, -0.2) is 59.4 Å². The summed E-state index contributed by atoms with van der Waals surface area (Å²) in [4.78, 5) is 10.8. The Morgan fingerprint density at radius 2 is 2.10 bits per heavy atom. The fourth-order valence-corrected chi connectivity index (χ4v) is 3.96. The predicted molar refractivity (Wildman–Crippen MR) is 116 cm³/mol. The summed E-state index contributed by atoms with van der Waals surface area (Å²) < 4.78 is 21.6. The maximum atomic E-state index is 15.8. The van der Waals surface area contributed by atoms with Crippen molar-refractivity contribution in [3.63, 3.8) is 0 Å². The van der Waals surface area contributed by atoms with Crippen molar-refractivity contribution < 1.29 is 14.2 Å². The number of likely N-dealkylation sites (N-methyl/N-ethyl adjacent to an activating group) is 1. The molecule has 160 valence electrons. The molecule has 0 amide bonds. The third-order valence-corrected chi connectivity index (χ3v) is 5.90. The van der Waals surface area contributed by atoms with Crippen molar-refractivity contribution in [2.75, 3.05) is 37.9 Å². The average molecular weight is 413 g/mol. The predicted octanol–water partition coefficient (Wildman–Crippen LogP) is 3.11. The van der Waals surface area contributed by atoms with Crippen LogP contribution in [0.2, 0.25) is 0 Å². The lowest BCUT2D eigenvalue weighted by molar-refractivity contribution is 0.0866. The summed E-state index contributed by atoms with van der Waals surface area (Å²) in [5, 5.41) is 16.6. The van der Waals surface area contributed by atoms with Crippen LogP contribution in [0.15, 0.2) is 18.2 Å². The Labute approximate surface area is 176 Å². The van der Waals surface area contributed by atoms with Gasteiger partial charge >= 0.3 is 0 Å². The van der Waals surface area contributed by atoms with E-state index in [0.717, 1.165) is 16.8 Å². The number of anilines is 3. The lowest BCUT2D eigenvalue weighted by atomic mass is 9.94. The molecular weight excluding hydrogens is 385 g/mol. The molecule has 1 aromatic heterocycles. The Kier molecular flexibility index (Phi) is 5.62. The van der Waals surface area contributed by atoms with Gasteiger partial charge in [-0.3, -0.25) is 4.90 Å². The van der Waals surface area contributed by atoms with Gasteiger partial charge in [0.1, 0.15) is 11.6 Å². The van der Waals surface area contributed by atoms with E-state index in [0.29, 0.717) is 54.8 Å². The van der Waals surface area contributed by atoms with E-state index < -0.39 is 11.9 Å². The number of fused-ring (bicyclic) bond motifs is 1. The molecule has 0 aliphatic carbocycles. The smallest absolute Gasteiger partial charge is 0.229 e. The number of nitrogens with one attached hydrogen (secondary N) is 2. The molecule has 2 aliphatic heterocycles. The lowest BCUT2D eigenvalue weighted by Gasteiger charge is -2.25. The number of aliphatic hydroxyl groups is 1.